The average molecular weight is 397 g/mol. The van der Waals surface area contributed by atoms with Crippen LogP contribution in [-0.2, 0) is 17.9 Å². The van der Waals surface area contributed by atoms with E-state index in [4.69, 9.17) is 0 Å². The lowest BCUT2D eigenvalue weighted by molar-refractivity contribution is -0.117. The Morgan fingerprint density at radius 3 is 2.59 bits per heavy atom. The van der Waals surface area contributed by atoms with Crippen molar-refractivity contribution in [1.29, 1.82) is 0 Å². The molecule has 29 heavy (non-hydrogen) atoms. The predicted molar refractivity (Wildman–Crippen MR) is 117 cm³/mol. The van der Waals surface area contributed by atoms with Crippen LogP contribution in [0.3, 0.4) is 0 Å². The van der Waals surface area contributed by atoms with Crippen molar-refractivity contribution in [2.75, 3.05) is 25.0 Å². The first-order chi connectivity index (χ1) is 14.0. The lowest BCUT2D eigenvalue weighted by atomic mass is 10.2. The number of nitrogens with one attached hydrogen (secondary N) is 2. The minimum Gasteiger partial charge on any atom is -0.356 e. The fourth-order valence-corrected chi connectivity index (χ4v) is 3.61. The number of aryl methyl sites for hydroxylation is 2. The Labute approximate surface area is 173 Å². The van der Waals surface area contributed by atoms with Crippen molar-refractivity contribution < 1.29 is 4.79 Å². The number of aromatic nitrogens is 2. The van der Waals surface area contributed by atoms with E-state index in [1.54, 1.807) is 7.05 Å². The largest absolute Gasteiger partial charge is 0.356 e. The summed E-state index contributed by atoms with van der Waals surface area (Å²) in [5.41, 5.74) is 4.38. The fourth-order valence-electron chi connectivity index (χ4n) is 3.61. The highest BCUT2D eigenvalue weighted by Gasteiger charge is 2.21. The molecule has 0 spiro atoms. The summed E-state index contributed by atoms with van der Waals surface area (Å²) in [7, 11) is 1.78. The Kier molecular flexibility index (Phi) is 6.90. The van der Waals surface area contributed by atoms with Gasteiger partial charge >= 0.3 is 0 Å². The molecule has 1 atom stereocenters. The van der Waals surface area contributed by atoms with Crippen LogP contribution in [0.2, 0.25) is 0 Å². The maximum absolute atomic E-state index is 11.9. The molecule has 0 radical (unpaired) electrons. The topological polar surface area (TPSA) is 74.6 Å². The van der Waals surface area contributed by atoms with E-state index in [0.717, 1.165) is 49.0 Å². The molecule has 1 saturated heterocycles. The number of anilines is 1. The van der Waals surface area contributed by atoms with Gasteiger partial charge in [0.15, 0.2) is 5.96 Å². The molecule has 1 unspecified atom stereocenters. The lowest BCUT2D eigenvalue weighted by Crippen LogP contribution is -2.39. The van der Waals surface area contributed by atoms with Crippen LogP contribution in [0, 0.1) is 19.8 Å². The van der Waals surface area contributed by atoms with Gasteiger partial charge in [-0.05, 0) is 49.9 Å². The molecular formula is C22H32N6O. The van der Waals surface area contributed by atoms with Crippen LogP contribution in [0.15, 0.2) is 35.3 Å². The highest BCUT2D eigenvalue weighted by atomic mass is 16.2. The maximum Gasteiger partial charge on any atom is 0.227 e. The lowest BCUT2D eigenvalue weighted by Gasteiger charge is -2.18. The van der Waals surface area contributed by atoms with Crippen LogP contribution < -0.4 is 15.5 Å². The molecule has 3 rings (SSSR count). The molecular weight excluding hydrogens is 364 g/mol. The van der Waals surface area contributed by atoms with Gasteiger partial charge in [0.25, 0.3) is 0 Å². The summed E-state index contributed by atoms with van der Waals surface area (Å²) < 4.78 is 2.06. The molecule has 2 heterocycles. The van der Waals surface area contributed by atoms with Crippen LogP contribution in [-0.4, -0.2) is 41.8 Å². The monoisotopic (exact) mass is 396 g/mol. The number of rotatable bonds is 7. The van der Waals surface area contributed by atoms with Crippen molar-refractivity contribution >= 4 is 17.6 Å². The number of carbonyl (C=O) groups is 1. The number of nitrogens with zero attached hydrogens (tertiary/aromatic N) is 4. The Bertz CT molecular complexity index is 855. The summed E-state index contributed by atoms with van der Waals surface area (Å²) in [4.78, 5) is 18.0. The first-order valence-electron chi connectivity index (χ1n) is 10.3. The Morgan fingerprint density at radius 1 is 1.24 bits per heavy atom. The molecule has 0 saturated carbocycles. The summed E-state index contributed by atoms with van der Waals surface area (Å²) in [6, 6.07) is 10.3. The summed E-state index contributed by atoms with van der Waals surface area (Å²) in [5.74, 6) is 1.42. The normalized spacial score (nSPS) is 15.7. The molecule has 0 aliphatic carbocycles. The van der Waals surface area contributed by atoms with Crippen molar-refractivity contribution in [3.63, 3.8) is 0 Å². The predicted octanol–water partition coefficient (Wildman–Crippen LogP) is 2.63. The molecule has 2 N–H and O–H groups in total. The van der Waals surface area contributed by atoms with Gasteiger partial charge in [0, 0.05) is 51.0 Å². The minimum atomic E-state index is 0.218. The number of benzene rings is 1. The van der Waals surface area contributed by atoms with Gasteiger partial charge in [-0.15, -0.1) is 0 Å². The summed E-state index contributed by atoms with van der Waals surface area (Å²) in [6.07, 6.45) is 1.60. The Hall–Kier alpha value is -2.83. The Balaban J connectivity index is 1.45. The smallest absolute Gasteiger partial charge is 0.227 e. The van der Waals surface area contributed by atoms with E-state index in [0.29, 0.717) is 18.9 Å². The quantitative estimate of drug-likeness (QED) is 0.557. The summed E-state index contributed by atoms with van der Waals surface area (Å²) >= 11 is 0. The van der Waals surface area contributed by atoms with E-state index < -0.39 is 0 Å². The summed E-state index contributed by atoms with van der Waals surface area (Å²) in [6.45, 7) is 9.51. The number of hydrogen-bond donors (Lipinski definition) is 2. The fraction of sp³-hybridized carbons (Fsp3) is 0.500. The molecule has 1 amide bonds. The maximum atomic E-state index is 11.9. The van der Waals surface area contributed by atoms with E-state index in [1.807, 2.05) is 24.0 Å². The van der Waals surface area contributed by atoms with Crippen LogP contribution in [0.1, 0.15) is 36.7 Å². The van der Waals surface area contributed by atoms with Crippen LogP contribution in [0.4, 0.5) is 5.69 Å². The molecule has 1 aliphatic heterocycles. The molecule has 7 nitrogen and oxygen atoms in total. The number of hydrogen-bond acceptors (Lipinski definition) is 3. The molecule has 1 aromatic carbocycles. The number of amides is 1. The van der Waals surface area contributed by atoms with Crippen molar-refractivity contribution in [3.05, 3.63) is 47.3 Å². The third kappa shape index (κ3) is 5.59. The van der Waals surface area contributed by atoms with Gasteiger partial charge in [-0.3, -0.25) is 14.5 Å². The van der Waals surface area contributed by atoms with E-state index in [2.05, 4.69) is 57.5 Å². The zero-order chi connectivity index (χ0) is 20.8. The SMILES string of the molecule is CN=C(NCc1ccc(N2CCCC2=O)cc1)NCC(C)Cn1nc(C)cc1C. The molecule has 7 heteroatoms. The first kappa shape index (κ1) is 20.9. The van der Waals surface area contributed by atoms with Crippen LogP contribution >= 0.6 is 0 Å². The minimum absolute atomic E-state index is 0.218. The first-order valence-corrected chi connectivity index (χ1v) is 10.3. The highest BCUT2D eigenvalue weighted by molar-refractivity contribution is 5.95. The number of guanidine groups is 1. The zero-order valence-corrected chi connectivity index (χ0v) is 17.9. The molecule has 1 aromatic heterocycles. The van der Waals surface area contributed by atoms with Gasteiger partial charge in [0.2, 0.25) is 5.91 Å². The van der Waals surface area contributed by atoms with E-state index in [-0.39, 0.29) is 5.91 Å². The van der Waals surface area contributed by atoms with Crippen molar-refractivity contribution in [2.24, 2.45) is 10.9 Å². The second kappa shape index (κ2) is 9.58. The molecule has 0 bridgehead atoms. The van der Waals surface area contributed by atoms with E-state index in [9.17, 15) is 4.79 Å². The molecule has 1 fully saturated rings. The van der Waals surface area contributed by atoms with Gasteiger partial charge in [-0.25, -0.2) is 0 Å². The van der Waals surface area contributed by atoms with E-state index in [1.165, 1.54) is 5.69 Å². The van der Waals surface area contributed by atoms with Gasteiger partial charge in [0.05, 0.1) is 5.69 Å². The second-order valence-corrected chi connectivity index (χ2v) is 7.84. The third-order valence-corrected chi connectivity index (χ3v) is 5.21. The third-order valence-electron chi connectivity index (χ3n) is 5.21. The Morgan fingerprint density at radius 2 is 2.00 bits per heavy atom. The number of carbonyl (C=O) groups excluding carboxylic acids is 1. The standard InChI is InChI=1S/C22H32N6O/c1-16(15-28-18(3)12-17(2)26-28)13-24-22(23-4)25-14-19-7-9-20(10-8-19)27-11-5-6-21(27)29/h7-10,12,16H,5-6,11,13-15H2,1-4H3,(H2,23,24,25). The summed E-state index contributed by atoms with van der Waals surface area (Å²) in [5, 5.41) is 11.3. The average Bonchev–Trinajstić information content (AvgIpc) is 3.27. The zero-order valence-electron chi connectivity index (χ0n) is 17.9. The number of aliphatic imine (C=N–C) groups is 1. The van der Waals surface area contributed by atoms with Crippen molar-refractivity contribution in [1.82, 2.24) is 20.4 Å². The highest BCUT2D eigenvalue weighted by Crippen LogP contribution is 2.21. The van der Waals surface area contributed by atoms with Crippen molar-refractivity contribution in [3.8, 4) is 0 Å². The van der Waals surface area contributed by atoms with Gasteiger partial charge in [-0.2, -0.15) is 5.10 Å². The van der Waals surface area contributed by atoms with E-state index >= 15 is 0 Å². The van der Waals surface area contributed by atoms with Crippen molar-refractivity contribution in [2.45, 2.75) is 46.7 Å². The second-order valence-electron chi connectivity index (χ2n) is 7.84. The van der Waals surface area contributed by atoms with Crippen LogP contribution in [0.25, 0.3) is 0 Å². The molecule has 1 aliphatic rings. The van der Waals surface area contributed by atoms with Gasteiger partial charge in [0.1, 0.15) is 0 Å². The molecule has 156 valence electrons. The van der Waals surface area contributed by atoms with Crippen LogP contribution in [0.5, 0.6) is 0 Å². The molecule has 2 aromatic rings. The van der Waals surface area contributed by atoms with Gasteiger partial charge < -0.3 is 15.5 Å². The van der Waals surface area contributed by atoms with Gasteiger partial charge in [-0.1, -0.05) is 19.1 Å².